The monoisotopic (exact) mass is 278 g/mol. The van der Waals surface area contributed by atoms with Gasteiger partial charge < -0.3 is 14.5 Å². The molecule has 2 heterocycles. The van der Waals surface area contributed by atoms with Crippen LogP contribution in [0.2, 0.25) is 0 Å². The average Bonchev–Trinajstić information content (AvgIpc) is 3.11. The average molecular weight is 278 g/mol. The molecule has 2 fully saturated rings. The van der Waals surface area contributed by atoms with Gasteiger partial charge in [0.2, 0.25) is 0 Å². The van der Waals surface area contributed by atoms with Crippen molar-refractivity contribution in [3.8, 4) is 0 Å². The van der Waals surface area contributed by atoms with Gasteiger partial charge in [-0.05, 0) is 39.7 Å². The number of hydrogen-bond acceptors (Lipinski definition) is 4. The molecule has 1 aromatic heterocycles. The van der Waals surface area contributed by atoms with Crippen molar-refractivity contribution in [2.45, 2.75) is 65.0 Å². The van der Waals surface area contributed by atoms with Crippen molar-refractivity contribution in [2.24, 2.45) is 0 Å². The highest BCUT2D eigenvalue weighted by Gasteiger charge is 2.24. The lowest BCUT2D eigenvalue weighted by atomic mass is 10.2. The molecule has 1 aliphatic carbocycles. The van der Waals surface area contributed by atoms with E-state index in [1.165, 1.54) is 18.4 Å². The summed E-state index contributed by atoms with van der Waals surface area (Å²) in [6, 6.07) is 2.96. The van der Waals surface area contributed by atoms with Gasteiger partial charge in [-0.3, -0.25) is 4.90 Å². The van der Waals surface area contributed by atoms with Crippen LogP contribution in [-0.2, 0) is 17.8 Å². The number of nitrogens with one attached hydrogen (secondary N) is 1. The molecule has 4 heteroatoms. The van der Waals surface area contributed by atoms with Crippen molar-refractivity contribution in [2.75, 3.05) is 13.1 Å². The van der Waals surface area contributed by atoms with Gasteiger partial charge in [0.1, 0.15) is 11.5 Å². The van der Waals surface area contributed by atoms with Crippen LogP contribution in [0.5, 0.6) is 0 Å². The molecule has 2 aliphatic rings. The van der Waals surface area contributed by atoms with Gasteiger partial charge in [-0.1, -0.05) is 0 Å². The summed E-state index contributed by atoms with van der Waals surface area (Å²) < 4.78 is 11.7. The molecule has 1 aliphatic heterocycles. The van der Waals surface area contributed by atoms with Crippen LogP contribution in [0.3, 0.4) is 0 Å². The van der Waals surface area contributed by atoms with E-state index in [1.54, 1.807) is 0 Å². The van der Waals surface area contributed by atoms with E-state index in [0.29, 0.717) is 12.2 Å². The molecule has 0 radical (unpaired) electrons. The molecule has 0 spiro atoms. The zero-order valence-corrected chi connectivity index (χ0v) is 12.8. The van der Waals surface area contributed by atoms with Crippen LogP contribution < -0.4 is 5.32 Å². The van der Waals surface area contributed by atoms with E-state index in [9.17, 15) is 0 Å². The molecule has 1 saturated carbocycles. The number of morpholine rings is 1. The van der Waals surface area contributed by atoms with E-state index in [1.807, 2.05) is 0 Å². The lowest BCUT2D eigenvalue weighted by Crippen LogP contribution is -2.44. The van der Waals surface area contributed by atoms with Crippen LogP contribution in [-0.4, -0.2) is 36.2 Å². The maximum Gasteiger partial charge on any atom is 0.118 e. The predicted octanol–water partition coefficient (Wildman–Crippen LogP) is 2.45. The number of hydrogen-bond donors (Lipinski definition) is 1. The maximum atomic E-state index is 5.92. The molecule has 0 aromatic carbocycles. The van der Waals surface area contributed by atoms with Crippen LogP contribution in [0.1, 0.15) is 43.8 Å². The summed E-state index contributed by atoms with van der Waals surface area (Å²) in [7, 11) is 0. The van der Waals surface area contributed by atoms with Gasteiger partial charge >= 0.3 is 0 Å². The van der Waals surface area contributed by atoms with Gasteiger partial charge in [0.25, 0.3) is 0 Å². The fourth-order valence-corrected chi connectivity index (χ4v) is 3.02. The zero-order chi connectivity index (χ0) is 14.1. The SMILES string of the molecule is Cc1oc(CN2C[C@@H](C)O[C@@H](C)C2)cc1CNC1CC1. The predicted molar refractivity (Wildman–Crippen MR) is 78.6 cm³/mol. The summed E-state index contributed by atoms with van der Waals surface area (Å²) in [5.41, 5.74) is 1.31. The lowest BCUT2D eigenvalue weighted by molar-refractivity contribution is -0.0718. The molecule has 0 bridgehead atoms. The zero-order valence-electron chi connectivity index (χ0n) is 12.8. The third kappa shape index (κ3) is 3.62. The first-order chi connectivity index (χ1) is 9.60. The first kappa shape index (κ1) is 14.1. The van der Waals surface area contributed by atoms with Crippen molar-refractivity contribution >= 4 is 0 Å². The van der Waals surface area contributed by atoms with Crippen molar-refractivity contribution in [1.29, 1.82) is 0 Å². The van der Waals surface area contributed by atoms with Crippen molar-refractivity contribution in [3.05, 3.63) is 23.2 Å². The molecule has 2 atom stereocenters. The van der Waals surface area contributed by atoms with Crippen molar-refractivity contribution < 1.29 is 9.15 Å². The van der Waals surface area contributed by atoms with E-state index in [0.717, 1.165) is 43.7 Å². The molecule has 1 N–H and O–H groups in total. The van der Waals surface area contributed by atoms with E-state index in [4.69, 9.17) is 9.15 Å². The normalized spacial score (nSPS) is 27.9. The molecule has 0 amide bonds. The fourth-order valence-electron chi connectivity index (χ4n) is 3.02. The maximum absolute atomic E-state index is 5.92. The van der Waals surface area contributed by atoms with E-state index < -0.39 is 0 Å². The van der Waals surface area contributed by atoms with Crippen molar-refractivity contribution in [1.82, 2.24) is 10.2 Å². The number of rotatable bonds is 5. The Bertz CT molecular complexity index is 443. The molecule has 4 nitrogen and oxygen atoms in total. The molecular weight excluding hydrogens is 252 g/mol. The highest BCUT2D eigenvalue weighted by molar-refractivity contribution is 5.21. The van der Waals surface area contributed by atoms with Gasteiger partial charge in [-0.2, -0.15) is 0 Å². The first-order valence-corrected chi connectivity index (χ1v) is 7.79. The lowest BCUT2D eigenvalue weighted by Gasteiger charge is -2.34. The van der Waals surface area contributed by atoms with Crippen LogP contribution >= 0.6 is 0 Å². The highest BCUT2D eigenvalue weighted by Crippen LogP contribution is 2.22. The van der Waals surface area contributed by atoms with Crippen molar-refractivity contribution in [3.63, 3.8) is 0 Å². The number of ether oxygens (including phenoxy) is 1. The quantitative estimate of drug-likeness (QED) is 0.898. The number of nitrogens with zero attached hydrogens (tertiary/aromatic N) is 1. The first-order valence-electron chi connectivity index (χ1n) is 7.79. The minimum Gasteiger partial charge on any atom is -0.465 e. The summed E-state index contributed by atoms with van der Waals surface area (Å²) in [4.78, 5) is 2.43. The Balaban J connectivity index is 1.57. The molecular formula is C16H26N2O2. The molecule has 1 saturated heterocycles. The van der Waals surface area contributed by atoms with E-state index in [-0.39, 0.29) is 0 Å². The second kappa shape index (κ2) is 5.88. The largest absolute Gasteiger partial charge is 0.465 e. The second-order valence-corrected chi connectivity index (χ2v) is 6.40. The standard InChI is InChI=1S/C16H26N2O2/c1-11-8-18(9-12(2)19-11)10-16-6-14(13(3)20-16)7-17-15-4-5-15/h6,11-12,15,17H,4-5,7-10H2,1-3H3/t11-,12+. The third-order valence-electron chi connectivity index (χ3n) is 4.10. The van der Waals surface area contributed by atoms with E-state index >= 15 is 0 Å². The van der Waals surface area contributed by atoms with Gasteiger partial charge in [-0.25, -0.2) is 0 Å². The summed E-state index contributed by atoms with van der Waals surface area (Å²) in [6.45, 7) is 10.2. The minimum absolute atomic E-state index is 0.311. The Labute approximate surface area is 121 Å². The van der Waals surface area contributed by atoms with Crippen LogP contribution in [0.15, 0.2) is 10.5 Å². The molecule has 1 aromatic rings. The highest BCUT2D eigenvalue weighted by atomic mass is 16.5. The Hall–Kier alpha value is -0.840. The molecule has 20 heavy (non-hydrogen) atoms. The molecule has 3 rings (SSSR count). The van der Waals surface area contributed by atoms with Gasteiger partial charge in [-0.15, -0.1) is 0 Å². The molecule has 112 valence electrons. The third-order valence-corrected chi connectivity index (χ3v) is 4.10. The Morgan fingerprint density at radius 3 is 2.60 bits per heavy atom. The second-order valence-electron chi connectivity index (χ2n) is 6.40. The summed E-state index contributed by atoms with van der Waals surface area (Å²) in [6.07, 6.45) is 3.28. The Morgan fingerprint density at radius 2 is 1.95 bits per heavy atom. The van der Waals surface area contributed by atoms with E-state index in [2.05, 4.69) is 37.1 Å². The fraction of sp³-hybridized carbons (Fsp3) is 0.750. The van der Waals surface area contributed by atoms with Gasteiger partial charge in [0.15, 0.2) is 0 Å². The van der Waals surface area contributed by atoms with Crippen LogP contribution in [0.4, 0.5) is 0 Å². The molecule has 0 unspecified atom stereocenters. The summed E-state index contributed by atoms with van der Waals surface area (Å²) >= 11 is 0. The smallest absolute Gasteiger partial charge is 0.118 e. The summed E-state index contributed by atoms with van der Waals surface area (Å²) in [5, 5.41) is 3.55. The van der Waals surface area contributed by atoms with Crippen LogP contribution in [0, 0.1) is 6.92 Å². The van der Waals surface area contributed by atoms with Gasteiger partial charge in [0.05, 0.1) is 18.8 Å². The number of aryl methyl sites for hydroxylation is 1. The topological polar surface area (TPSA) is 37.6 Å². The Morgan fingerprint density at radius 1 is 1.25 bits per heavy atom. The number of furan rings is 1. The summed E-state index contributed by atoms with van der Waals surface area (Å²) in [5.74, 6) is 2.14. The minimum atomic E-state index is 0.311. The Kier molecular flexibility index (Phi) is 4.15. The van der Waals surface area contributed by atoms with Crippen LogP contribution in [0.25, 0.3) is 0 Å². The van der Waals surface area contributed by atoms with Gasteiger partial charge in [0, 0.05) is 31.2 Å².